The number of hydrogen-bond donors (Lipinski definition) is 3. The van der Waals surface area contributed by atoms with E-state index in [1.165, 1.54) is 13.4 Å². The summed E-state index contributed by atoms with van der Waals surface area (Å²) in [6.07, 6.45) is 1.34. The van der Waals surface area contributed by atoms with E-state index in [1.54, 1.807) is 0 Å². The van der Waals surface area contributed by atoms with Gasteiger partial charge >= 0.3 is 0 Å². The Morgan fingerprint density at radius 2 is 2.10 bits per heavy atom. The zero-order valence-corrected chi connectivity index (χ0v) is 11.5. The molecule has 1 aromatic heterocycles. The number of H-pyrrole nitrogens is 1. The second kappa shape index (κ2) is 6.21. The van der Waals surface area contributed by atoms with Crippen molar-refractivity contribution in [2.75, 3.05) is 12.4 Å². The van der Waals surface area contributed by atoms with E-state index in [4.69, 9.17) is 10.5 Å². The van der Waals surface area contributed by atoms with E-state index < -0.39 is 0 Å². The molecule has 0 fully saturated rings. The number of methoxy groups -OCH3 is 1. The Morgan fingerprint density at radius 3 is 2.70 bits per heavy atom. The number of benzene rings is 1. The van der Waals surface area contributed by atoms with Crippen molar-refractivity contribution in [1.82, 2.24) is 9.97 Å². The standard InChI is InChI=1S/C14H18N4O2/c1-9(11-5-3-10(7-15)4-6-11)18-13-12(20-2)14(19)17-8-16-13/h3-6,8-9H,7,15H2,1-2H3,(H2,16,17,18,19). The van der Waals surface area contributed by atoms with E-state index in [0.29, 0.717) is 12.4 Å². The minimum Gasteiger partial charge on any atom is -0.489 e. The first-order valence-electron chi connectivity index (χ1n) is 6.32. The largest absolute Gasteiger partial charge is 0.489 e. The molecule has 1 aromatic carbocycles. The van der Waals surface area contributed by atoms with Crippen molar-refractivity contribution < 1.29 is 4.74 Å². The van der Waals surface area contributed by atoms with Gasteiger partial charge in [-0.3, -0.25) is 4.79 Å². The van der Waals surface area contributed by atoms with Gasteiger partial charge in [0, 0.05) is 6.54 Å². The molecule has 6 nitrogen and oxygen atoms in total. The number of nitrogens with zero attached hydrogens (tertiary/aromatic N) is 1. The van der Waals surface area contributed by atoms with Gasteiger partial charge in [0.05, 0.1) is 19.5 Å². The molecule has 0 saturated carbocycles. The Labute approximate surface area is 117 Å². The molecule has 0 spiro atoms. The second-order valence-corrected chi connectivity index (χ2v) is 4.43. The van der Waals surface area contributed by atoms with Crippen LogP contribution in [0.4, 0.5) is 5.82 Å². The number of nitrogens with one attached hydrogen (secondary N) is 2. The average molecular weight is 274 g/mol. The zero-order valence-electron chi connectivity index (χ0n) is 11.5. The van der Waals surface area contributed by atoms with Crippen LogP contribution in [0.3, 0.4) is 0 Å². The Balaban J connectivity index is 2.20. The number of ether oxygens (including phenoxy) is 1. The van der Waals surface area contributed by atoms with Gasteiger partial charge < -0.3 is 20.8 Å². The van der Waals surface area contributed by atoms with E-state index in [9.17, 15) is 4.79 Å². The van der Waals surface area contributed by atoms with Crippen molar-refractivity contribution in [1.29, 1.82) is 0 Å². The van der Waals surface area contributed by atoms with Crippen molar-refractivity contribution in [3.8, 4) is 5.75 Å². The van der Waals surface area contributed by atoms with Gasteiger partial charge in [0.2, 0.25) is 5.75 Å². The summed E-state index contributed by atoms with van der Waals surface area (Å²) in [6, 6.07) is 7.95. The smallest absolute Gasteiger partial charge is 0.295 e. The molecule has 2 rings (SSSR count). The molecule has 6 heteroatoms. The summed E-state index contributed by atoms with van der Waals surface area (Å²) in [4.78, 5) is 18.2. The average Bonchev–Trinajstić information content (AvgIpc) is 2.47. The first-order valence-corrected chi connectivity index (χ1v) is 6.32. The summed E-state index contributed by atoms with van der Waals surface area (Å²) in [7, 11) is 1.44. The van der Waals surface area contributed by atoms with Gasteiger partial charge in [0.15, 0.2) is 5.82 Å². The summed E-state index contributed by atoms with van der Waals surface area (Å²) in [6.45, 7) is 2.51. The molecule has 0 saturated heterocycles. The highest BCUT2D eigenvalue weighted by Crippen LogP contribution is 2.22. The monoisotopic (exact) mass is 274 g/mol. The number of rotatable bonds is 5. The third kappa shape index (κ3) is 2.97. The highest BCUT2D eigenvalue weighted by molar-refractivity contribution is 5.49. The molecule has 0 bridgehead atoms. The normalized spacial score (nSPS) is 11.9. The minimum absolute atomic E-state index is 0.00924. The second-order valence-electron chi connectivity index (χ2n) is 4.43. The van der Waals surface area contributed by atoms with Gasteiger partial charge in [-0.05, 0) is 18.1 Å². The summed E-state index contributed by atoms with van der Waals surface area (Å²) < 4.78 is 5.06. The van der Waals surface area contributed by atoms with Gasteiger partial charge in [-0.25, -0.2) is 4.98 Å². The van der Waals surface area contributed by atoms with Crippen molar-refractivity contribution in [2.45, 2.75) is 19.5 Å². The zero-order chi connectivity index (χ0) is 14.5. The SMILES string of the molecule is COc1c(NC(C)c2ccc(CN)cc2)nc[nH]c1=O. The van der Waals surface area contributed by atoms with Crippen LogP contribution in [0, 0.1) is 0 Å². The van der Waals surface area contributed by atoms with Crippen molar-refractivity contribution in [2.24, 2.45) is 5.73 Å². The summed E-state index contributed by atoms with van der Waals surface area (Å²) in [5.74, 6) is 0.601. The quantitative estimate of drug-likeness (QED) is 0.766. The lowest BCUT2D eigenvalue weighted by atomic mass is 10.1. The van der Waals surface area contributed by atoms with Crippen LogP contribution in [0.25, 0.3) is 0 Å². The van der Waals surface area contributed by atoms with E-state index in [2.05, 4.69) is 15.3 Å². The predicted octanol–water partition coefficient (Wildman–Crippen LogP) is 1.41. The van der Waals surface area contributed by atoms with Crippen LogP contribution >= 0.6 is 0 Å². The van der Waals surface area contributed by atoms with Crippen LogP contribution in [0.5, 0.6) is 5.75 Å². The molecule has 4 N–H and O–H groups in total. The van der Waals surface area contributed by atoms with Crippen LogP contribution in [0.2, 0.25) is 0 Å². The number of anilines is 1. The first-order chi connectivity index (χ1) is 9.65. The lowest BCUT2D eigenvalue weighted by Crippen LogP contribution is -2.16. The van der Waals surface area contributed by atoms with Crippen molar-refractivity contribution in [3.63, 3.8) is 0 Å². The van der Waals surface area contributed by atoms with Gasteiger partial charge in [-0.2, -0.15) is 0 Å². The molecule has 0 amide bonds. The molecule has 2 aromatic rings. The molecule has 0 aliphatic rings. The van der Waals surface area contributed by atoms with E-state index in [0.717, 1.165) is 11.1 Å². The molecular formula is C14H18N4O2. The number of aromatic amines is 1. The molecule has 1 heterocycles. The minimum atomic E-state index is -0.310. The third-order valence-corrected chi connectivity index (χ3v) is 3.08. The predicted molar refractivity (Wildman–Crippen MR) is 77.8 cm³/mol. The van der Waals surface area contributed by atoms with Crippen molar-refractivity contribution >= 4 is 5.82 Å². The van der Waals surface area contributed by atoms with Crippen LogP contribution < -0.4 is 21.3 Å². The van der Waals surface area contributed by atoms with Crippen molar-refractivity contribution in [3.05, 3.63) is 52.1 Å². The molecule has 1 atom stereocenters. The lowest BCUT2D eigenvalue weighted by molar-refractivity contribution is 0.407. The fraction of sp³-hybridized carbons (Fsp3) is 0.286. The van der Waals surface area contributed by atoms with Gasteiger partial charge in [-0.15, -0.1) is 0 Å². The van der Waals surface area contributed by atoms with Crippen LogP contribution in [-0.4, -0.2) is 17.1 Å². The fourth-order valence-electron chi connectivity index (χ4n) is 1.91. The molecule has 20 heavy (non-hydrogen) atoms. The Hall–Kier alpha value is -2.34. The maximum absolute atomic E-state index is 11.6. The molecular weight excluding hydrogens is 256 g/mol. The Bertz CT molecular complexity index is 622. The van der Waals surface area contributed by atoms with E-state index in [-0.39, 0.29) is 17.4 Å². The molecule has 106 valence electrons. The fourth-order valence-corrected chi connectivity index (χ4v) is 1.91. The highest BCUT2D eigenvalue weighted by Gasteiger charge is 2.12. The molecule has 0 aliphatic carbocycles. The number of nitrogens with two attached hydrogens (primary N) is 1. The van der Waals surface area contributed by atoms with Gasteiger partial charge in [-0.1, -0.05) is 24.3 Å². The first kappa shape index (κ1) is 14.1. The van der Waals surface area contributed by atoms with Crippen LogP contribution in [0.1, 0.15) is 24.1 Å². The van der Waals surface area contributed by atoms with E-state index in [1.807, 2.05) is 31.2 Å². The number of hydrogen-bond acceptors (Lipinski definition) is 5. The topological polar surface area (TPSA) is 93.0 Å². The summed E-state index contributed by atoms with van der Waals surface area (Å²) in [5.41, 5.74) is 7.42. The Morgan fingerprint density at radius 1 is 1.40 bits per heavy atom. The van der Waals surface area contributed by atoms with Gasteiger partial charge in [0.25, 0.3) is 5.56 Å². The highest BCUT2D eigenvalue weighted by atomic mass is 16.5. The van der Waals surface area contributed by atoms with Crippen LogP contribution in [-0.2, 0) is 6.54 Å². The maximum Gasteiger partial charge on any atom is 0.295 e. The molecule has 1 unspecified atom stereocenters. The third-order valence-electron chi connectivity index (χ3n) is 3.08. The maximum atomic E-state index is 11.6. The molecule has 0 radical (unpaired) electrons. The Kier molecular flexibility index (Phi) is 4.37. The summed E-state index contributed by atoms with van der Waals surface area (Å²) >= 11 is 0. The molecule has 0 aliphatic heterocycles. The van der Waals surface area contributed by atoms with Gasteiger partial charge in [0.1, 0.15) is 0 Å². The summed E-state index contributed by atoms with van der Waals surface area (Å²) in [5, 5.41) is 3.17. The van der Waals surface area contributed by atoms with Crippen LogP contribution in [0.15, 0.2) is 35.4 Å². The lowest BCUT2D eigenvalue weighted by Gasteiger charge is -2.16. The van der Waals surface area contributed by atoms with E-state index >= 15 is 0 Å². The number of aromatic nitrogens is 2.